The van der Waals surface area contributed by atoms with Gasteiger partial charge in [-0.2, -0.15) is 4.72 Å². The van der Waals surface area contributed by atoms with E-state index in [1.165, 1.54) is 38.5 Å². The molecule has 0 radical (unpaired) electrons. The summed E-state index contributed by atoms with van der Waals surface area (Å²) in [7, 11) is -5.53. The fraction of sp³-hybridized carbons (Fsp3) is 0.722. The molecule has 0 spiro atoms. The molecule has 3 fully saturated rings. The Morgan fingerprint density at radius 1 is 1.07 bits per heavy atom. The van der Waals surface area contributed by atoms with Gasteiger partial charge < -0.3 is 4.43 Å². The van der Waals surface area contributed by atoms with E-state index in [4.69, 9.17) is 4.43 Å². The normalized spacial score (nSPS) is 26.7. The van der Waals surface area contributed by atoms with Gasteiger partial charge >= 0.3 is 0 Å². The van der Waals surface area contributed by atoms with Crippen molar-refractivity contribution in [1.82, 2.24) is 4.72 Å². The lowest BCUT2D eigenvalue weighted by molar-refractivity contribution is 0.209. The summed E-state index contributed by atoms with van der Waals surface area (Å²) in [5.41, 5.74) is 0.380. The second-order valence-electron chi connectivity index (χ2n) is 15.1. The highest BCUT2D eigenvalue weighted by molar-refractivity contribution is 7.89. The zero-order valence-electron chi connectivity index (χ0n) is 27.5. The van der Waals surface area contributed by atoms with Crippen LogP contribution in [0.1, 0.15) is 110 Å². The summed E-state index contributed by atoms with van der Waals surface area (Å²) in [6.45, 7) is 15.9. The van der Waals surface area contributed by atoms with E-state index in [-0.39, 0.29) is 11.1 Å². The minimum Gasteiger partial charge on any atom is -0.411 e. The van der Waals surface area contributed by atoms with Crippen LogP contribution in [0, 0.1) is 42.4 Å². The summed E-state index contributed by atoms with van der Waals surface area (Å²) in [6, 6.07) is 7.15. The van der Waals surface area contributed by atoms with Crippen LogP contribution < -0.4 is 4.72 Å². The molecule has 2 bridgehead atoms. The molecular weight excluding hydrogens is 555 g/mol. The number of allylic oxidation sites excluding steroid dienone is 1. The molecule has 0 heterocycles. The number of rotatable bonds is 11. The smallest absolute Gasteiger partial charge is 0.241 e. The van der Waals surface area contributed by atoms with Crippen molar-refractivity contribution in [1.29, 1.82) is 0 Å². The molecule has 0 aromatic heterocycles. The van der Waals surface area contributed by atoms with Crippen molar-refractivity contribution in [3.63, 3.8) is 0 Å². The van der Waals surface area contributed by atoms with E-state index >= 15 is 0 Å². The highest BCUT2D eigenvalue weighted by atomic mass is 32.2. The Morgan fingerprint density at radius 2 is 1.74 bits per heavy atom. The van der Waals surface area contributed by atoms with Crippen molar-refractivity contribution in [2.24, 2.45) is 23.7 Å². The highest BCUT2D eigenvalue weighted by Crippen LogP contribution is 2.53. The summed E-state index contributed by atoms with van der Waals surface area (Å²) < 4.78 is 37.0. The molecule has 1 aromatic rings. The van der Waals surface area contributed by atoms with Gasteiger partial charge in [-0.1, -0.05) is 108 Å². The van der Waals surface area contributed by atoms with Gasteiger partial charge in [0.1, 0.15) is 0 Å². The van der Waals surface area contributed by atoms with E-state index in [1.807, 2.05) is 19.1 Å². The van der Waals surface area contributed by atoms with E-state index in [1.54, 1.807) is 12.1 Å². The van der Waals surface area contributed by atoms with Crippen molar-refractivity contribution in [3.05, 3.63) is 42.0 Å². The van der Waals surface area contributed by atoms with Crippen molar-refractivity contribution >= 4 is 18.3 Å². The molecule has 3 aliphatic rings. The van der Waals surface area contributed by atoms with Crippen LogP contribution >= 0.6 is 0 Å². The SMILES string of the molecule is CCCCC[C@@H](/C=C/[C@@H]1[C@H]2CC[C@H](C2)[C@@H]1C#CC1(NS(=O)(=O)c2ccc(C)cc2)CCCCC1)O[Si](C)(C)C(C)(C)C. The Balaban J connectivity index is 1.57. The van der Waals surface area contributed by atoms with Crippen LogP contribution in [0.5, 0.6) is 0 Å². The Kier molecular flexibility index (Phi) is 10.9. The molecule has 3 aliphatic carbocycles. The molecule has 4 rings (SSSR count). The maximum Gasteiger partial charge on any atom is 0.241 e. The number of hydrogen-bond acceptors (Lipinski definition) is 3. The van der Waals surface area contributed by atoms with E-state index in [2.05, 4.69) is 69.5 Å². The second-order valence-corrected chi connectivity index (χ2v) is 21.5. The quantitative estimate of drug-likeness (QED) is 0.117. The third-order valence-electron chi connectivity index (χ3n) is 10.7. The van der Waals surface area contributed by atoms with Gasteiger partial charge in [-0.05, 0) is 93.5 Å². The lowest BCUT2D eigenvalue weighted by Gasteiger charge is -2.39. The fourth-order valence-electron chi connectivity index (χ4n) is 7.09. The number of fused-ring (bicyclic) bond motifs is 2. The molecule has 42 heavy (non-hydrogen) atoms. The molecule has 0 saturated heterocycles. The van der Waals surface area contributed by atoms with Crippen molar-refractivity contribution in [2.45, 2.75) is 146 Å². The lowest BCUT2D eigenvalue weighted by Crippen LogP contribution is -2.48. The molecule has 5 atom stereocenters. The Hall–Kier alpha value is -1.39. The lowest BCUT2D eigenvalue weighted by atomic mass is 9.77. The molecular formula is C36H57NO3SSi. The Bertz CT molecular complexity index is 1230. The van der Waals surface area contributed by atoms with Gasteiger partial charge in [0.05, 0.1) is 16.5 Å². The summed E-state index contributed by atoms with van der Waals surface area (Å²) in [5.74, 6) is 9.39. The van der Waals surface area contributed by atoms with Crippen LogP contribution in [-0.2, 0) is 14.4 Å². The van der Waals surface area contributed by atoms with Crippen molar-refractivity contribution < 1.29 is 12.8 Å². The van der Waals surface area contributed by atoms with Crippen LogP contribution in [0.15, 0.2) is 41.3 Å². The van der Waals surface area contributed by atoms with Gasteiger partial charge in [0.2, 0.25) is 10.0 Å². The molecule has 1 aromatic carbocycles. The van der Waals surface area contributed by atoms with Crippen molar-refractivity contribution in [3.8, 4) is 11.8 Å². The fourth-order valence-corrected chi connectivity index (χ4v) is 9.78. The molecule has 6 heteroatoms. The molecule has 234 valence electrons. The minimum atomic E-state index is -3.65. The third-order valence-corrected chi connectivity index (χ3v) is 16.8. The van der Waals surface area contributed by atoms with E-state index in [9.17, 15) is 8.42 Å². The van der Waals surface area contributed by atoms with Gasteiger partial charge in [0, 0.05) is 5.92 Å². The van der Waals surface area contributed by atoms with E-state index in [0.717, 1.165) is 44.1 Å². The predicted octanol–water partition coefficient (Wildman–Crippen LogP) is 9.17. The monoisotopic (exact) mass is 611 g/mol. The molecule has 4 nitrogen and oxygen atoms in total. The van der Waals surface area contributed by atoms with Crippen LogP contribution in [0.3, 0.4) is 0 Å². The number of nitrogens with one attached hydrogen (secondary N) is 1. The van der Waals surface area contributed by atoms with E-state index < -0.39 is 23.9 Å². The maximum absolute atomic E-state index is 13.5. The van der Waals surface area contributed by atoms with Crippen LogP contribution in [0.25, 0.3) is 0 Å². The molecule has 3 saturated carbocycles. The maximum atomic E-state index is 13.5. The zero-order chi connectivity index (χ0) is 30.6. The number of hydrogen-bond donors (Lipinski definition) is 1. The Labute approximate surface area is 259 Å². The molecule has 0 unspecified atom stereocenters. The first-order valence-electron chi connectivity index (χ1n) is 16.7. The predicted molar refractivity (Wildman–Crippen MR) is 178 cm³/mol. The number of aryl methyl sites for hydroxylation is 1. The summed E-state index contributed by atoms with van der Waals surface area (Å²) in [6.07, 6.45) is 18.3. The minimum absolute atomic E-state index is 0.163. The van der Waals surface area contributed by atoms with Crippen LogP contribution in [0.4, 0.5) is 0 Å². The van der Waals surface area contributed by atoms with E-state index in [0.29, 0.717) is 28.6 Å². The first kappa shape index (κ1) is 33.5. The average Bonchev–Trinajstić information content (AvgIpc) is 3.52. The summed E-state index contributed by atoms with van der Waals surface area (Å²) >= 11 is 0. The zero-order valence-corrected chi connectivity index (χ0v) is 29.3. The number of unbranched alkanes of at least 4 members (excludes halogenated alkanes) is 2. The van der Waals surface area contributed by atoms with Crippen LogP contribution in [0.2, 0.25) is 18.1 Å². The Morgan fingerprint density at radius 3 is 2.38 bits per heavy atom. The van der Waals surface area contributed by atoms with Gasteiger partial charge in [-0.25, -0.2) is 8.42 Å². The first-order valence-corrected chi connectivity index (χ1v) is 21.1. The van der Waals surface area contributed by atoms with Crippen LogP contribution in [-0.4, -0.2) is 28.4 Å². The summed E-state index contributed by atoms with van der Waals surface area (Å²) in [4.78, 5) is 0.330. The first-order chi connectivity index (χ1) is 19.8. The molecule has 0 aliphatic heterocycles. The second kappa shape index (κ2) is 13.7. The molecule has 1 N–H and O–H groups in total. The van der Waals surface area contributed by atoms with Gasteiger partial charge in [-0.3, -0.25) is 0 Å². The third kappa shape index (κ3) is 8.20. The van der Waals surface area contributed by atoms with Crippen molar-refractivity contribution in [2.75, 3.05) is 0 Å². The average molecular weight is 612 g/mol. The molecule has 0 amide bonds. The number of sulfonamides is 1. The van der Waals surface area contributed by atoms with Gasteiger partial charge in [0.25, 0.3) is 0 Å². The number of benzene rings is 1. The largest absolute Gasteiger partial charge is 0.411 e. The van der Waals surface area contributed by atoms with Gasteiger partial charge in [0.15, 0.2) is 8.32 Å². The highest BCUT2D eigenvalue weighted by Gasteiger charge is 2.46. The topological polar surface area (TPSA) is 55.4 Å². The van der Waals surface area contributed by atoms with Gasteiger partial charge in [-0.15, -0.1) is 0 Å². The standard InChI is InChI=1S/C36H57NO3SSi/c1-8-9-11-14-31(40-42(6,7)35(3,4)5)19-22-33-29-17-18-30(27-29)34(33)23-26-36(24-12-10-13-25-36)37-41(38,39)32-20-15-28(2)16-21-32/h15-16,19-22,29-31,33-34,37H,8-14,17-18,24-25,27H2,1-7H3/b22-19+/t29-,30+,31-,33+,34-/m0/s1. The summed E-state index contributed by atoms with van der Waals surface area (Å²) in [5, 5.41) is 0.185.